The van der Waals surface area contributed by atoms with Crippen LogP contribution in [0.25, 0.3) is 10.8 Å². The standard InChI is InChI=1S/C37H45F/c1-3-5-7-9-11-34-25-26-35-28-33(24-27-36(35)37(34)38)23-22-32-20-18-31(19-21-32)17-16-30-14-12-29(13-15-30)10-8-6-4-2/h4,6,18-21,24-30H,3,5,7-17H2,1-2H3/b6-4+. The van der Waals surface area contributed by atoms with Gasteiger partial charge >= 0.3 is 0 Å². The predicted octanol–water partition coefficient (Wildman–Crippen LogP) is 10.6. The largest absolute Gasteiger partial charge is 0.206 e. The van der Waals surface area contributed by atoms with Crippen LogP contribution in [-0.4, -0.2) is 0 Å². The van der Waals surface area contributed by atoms with Crippen LogP contribution < -0.4 is 0 Å². The molecule has 0 aromatic heterocycles. The third-order valence-electron chi connectivity index (χ3n) is 8.42. The quantitative estimate of drug-likeness (QED) is 0.137. The molecule has 1 aliphatic rings. The van der Waals surface area contributed by atoms with Gasteiger partial charge in [0, 0.05) is 16.5 Å². The zero-order chi connectivity index (χ0) is 26.6. The Balaban J connectivity index is 1.28. The van der Waals surface area contributed by atoms with Crippen LogP contribution in [0, 0.1) is 29.5 Å². The van der Waals surface area contributed by atoms with Crippen LogP contribution in [0.15, 0.2) is 66.7 Å². The second kappa shape index (κ2) is 14.9. The minimum atomic E-state index is -0.0634. The maximum Gasteiger partial charge on any atom is 0.134 e. The molecule has 0 heterocycles. The van der Waals surface area contributed by atoms with E-state index in [0.29, 0.717) is 5.39 Å². The zero-order valence-electron chi connectivity index (χ0n) is 23.6. The van der Waals surface area contributed by atoms with Crippen molar-refractivity contribution in [3.05, 3.63) is 94.8 Å². The van der Waals surface area contributed by atoms with E-state index in [9.17, 15) is 0 Å². The summed E-state index contributed by atoms with van der Waals surface area (Å²) in [6.45, 7) is 4.32. The van der Waals surface area contributed by atoms with Crippen LogP contribution in [0.3, 0.4) is 0 Å². The van der Waals surface area contributed by atoms with E-state index in [4.69, 9.17) is 0 Å². The van der Waals surface area contributed by atoms with Crippen molar-refractivity contribution in [3.63, 3.8) is 0 Å². The molecule has 0 saturated heterocycles. The van der Waals surface area contributed by atoms with Crippen molar-refractivity contribution in [1.29, 1.82) is 0 Å². The van der Waals surface area contributed by atoms with E-state index in [1.165, 1.54) is 76.2 Å². The number of aryl methyl sites for hydroxylation is 2. The number of fused-ring (bicyclic) bond motifs is 1. The molecule has 0 unspecified atom stereocenters. The van der Waals surface area contributed by atoms with Crippen molar-refractivity contribution in [2.45, 2.75) is 97.3 Å². The monoisotopic (exact) mass is 508 g/mol. The molecule has 0 amide bonds. The first-order chi connectivity index (χ1) is 18.7. The fraction of sp³-hybridized carbons (Fsp3) is 0.459. The van der Waals surface area contributed by atoms with Gasteiger partial charge in [0.2, 0.25) is 0 Å². The summed E-state index contributed by atoms with van der Waals surface area (Å²) < 4.78 is 15.0. The van der Waals surface area contributed by atoms with Gasteiger partial charge in [0.25, 0.3) is 0 Å². The summed E-state index contributed by atoms with van der Waals surface area (Å²) in [6.07, 6.45) is 20.7. The second-order valence-corrected chi connectivity index (χ2v) is 11.3. The number of halogens is 1. The molecule has 4 rings (SSSR count). The van der Waals surface area contributed by atoms with Crippen LogP contribution in [0.2, 0.25) is 0 Å². The lowest BCUT2D eigenvalue weighted by Gasteiger charge is -2.28. The highest BCUT2D eigenvalue weighted by Crippen LogP contribution is 2.34. The minimum Gasteiger partial charge on any atom is -0.206 e. The number of hydrogen-bond donors (Lipinski definition) is 0. The van der Waals surface area contributed by atoms with E-state index in [1.54, 1.807) is 0 Å². The summed E-state index contributed by atoms with van der Waals surface area (Å²) in [4.78, 5) is 0. The lowest BCUT2D eigenvalue weighted by atomic mass is 9.78. The number of benzene rings is 3. The van der Waals surface area contributed by atoms with Gasteiger partial charge in [-0.15, -0.1) is 0 Å². The van der Waals surface area contributed by atoms with Crippen molar-refractivity contribution < 1.29 is 4.39 Å². The van der Waals surface area contributed by atoms with Gasteiger partial charge in [-0.1, -0.05) is 106 Å². The molecule has 3 aromatic carbocycles. The Morgan fingerprint density at radius 2 is 1.50 bits per heavy atom. The van der Waals surface area contributed by atoms with Crippen molar-refractivity contribution in [2.24, 2.45) is 11.8 Å². The van der Waals surface area contributed by atoms with Crippen LogP contribution in [0.4, 0.5) is 4.39 Å². The van der Waals surface area contributed by atoms with Gasteiger partial charge in [0.05, 0.1) is 0 Å². The Morgan fingerprint density at radius 1 is 0.789 bits per heavy atom. The lowest BCUT2D eigenvalue weighted by Crippen LogP contribution is -2.15. The summed E-state index contributed by atoms with van der Waals surface area (Å²) >= 11 is 0. The zero-order valence-corrected chi connectivity index (χ0v) is 23.6. The van der Waals surface area contributed by atoms with Crippen LogP contribution in [0.1, 0.15) is 107 Å². The fourth-order valence-electron chi connectivity index (χ4n) is 5.93. The molecule has 0 bridgehead atoms. The first kappa shape index (κ1) is 28.2. The third-order valence-corrected chi connectivity index (χ3v) is 8.42. The Labute approximate surface area is 230 Å². The average molecular weight is 509 g/mol. The molecule has 1 saturated carbocycles. The number of hydrogen-bond acceptors (Lipinski definition) is 0. The molecule has 1 fully saturated rings. The van der Waals surface area contributed by atoms with Gasteiger partial charge in [-0.3, -0.25) is 0 Å². The number of allylic oxidation sites excluding steroid dienone is 2. The molecule has 0 nitrogen and oxygen atoms in total. The molecule has 0 aliphatic heterocycles. The van der Waals surface area contributed by atoms with Crippen LogP contribution in [0.5, 0.6) is 0 Å². The number of unbranched alkanes of at least 4 members (excludes halogenated alkanes) is 3. The molecular formula is C37H45F. The summed E-state index contributed by atoms with van der Waals surface area (Å²) in [5.41, 5.74) is 4.21. The third kappa shape index (κ3) is 8.33. The predicted molar refractivity (Wildman–Crippen MR) is 162 cm³/mol. The van der Waals surface area contributed by atoms with Gasteiger partial charge < -0.3 is 0 Å². The fourth-order valence-corrected chi connectivity index (χ4v) is 5.93. The summed E-state index contributed by atoms with van der Waals surface area (Å²) in [7, 11) is 0. The molecule has 0 atom stereocenters. The van der Waals surface area contributed by atoms with E-state index < -0.39 is 0 Å². The average Bonchev–Trinajstić information content (AvgIpc) is 2.95. The first-order valence-corrected chi connectivity index (χ1v) is 15.1. The molecule has 3 aromatic rings. The highest BCUT2D eigenvalue weighted by molar-refractivity contribution is 5.85. The molecule has 1 heteroatoms. The van der Waals surface area contributed by atoms with E-state index in [1.807, 2.05) is 30.3 Å². The molecule has 0 N–H and O–H groups in total. The van der Waals surface area contributed by atoms with Gasteiger partial charge in [-0.25, -0.2) is 4.39 Å². The summed E-state index contributed by atoms with van der Waals surface area (Å²) in [6, 6.07) is 18.6. The van der Waals surface area contributed by atoms with E-state index in [-0.39, 0.29) is 5.82 Å². The molecule has 1 aliphatic carbocycles. The summed E-state index contributed by atoms with van der Waals surface area (Å²) in [5, 5.41) is 1.63. The van der Waals surface area contributed by atoms with Crippen LogP contribution >= 0.6 is 0 Å². The molecule has 38 heavy (non-hydrogen) atoms. The molecule has 0 spiro atoms. The highest BCUT2D eigenvalue weighted by Gasteiger charge is 2.20. The Hall–Kier alpha value is -2.85. The number of rotatable bonds is 11. The van der Waals surface area contributed by atoms with Gasteiger partial charge in [-0.2, -0.15) is 0 Å². The van der Waals surface area contributed by atoms with Gasteiger partial charge in [0.1, 0.15) is 5.82 Å². The van der Waals surface area contributed by atoms with Gasteiger partial charge in [-0.05, 0) is 98.1 Å². The van der Waals surface area contributed by atoms with Crippen molar-refractivity contribution >= 4 is 10.8 Å². The lowest BCUT2D eigenvalue weighted by molar-refractivity contribution is 0.254. The van der Waals surface area contributed by atoms with Crippen LogP contribution in [-0.2, 0) is 12.8 Å². The van der Waals surface area contributed by atoms with E-state index >= 15 is 4.39 Å². The Morgan fingerprint density at radius 3 is 2.24 bits per heavy atom. The second-order valence-electron chi connectivity index (χ2n) is 11.3. The molecule has 200 valence electrons. The van der Waals surface area contributed by atoms with Crippen molar-refractivity contribution in [2.75, 3.05) is 0 Å². The Bertz CT molecular complexity index is 1230. The SMILES string of the molecule is C/C=C/CCC1CCC(CCc2ccc(C#Cc3ccc4c(F)c(CCCCCC)ccc4c3)cc2)CC1. The minimum absolute atomic E-state index is 0.0634. The van der Waals surface area contributed by atoms with Crippen molar-refractivity contribution in [1.82, 2.24) is 0 Å². The smallest absolute Gasteiger partial charge is 0.134 e. The topological polar surface area (TPSA) is 0 Å². The van der Waals surface area contributed by atoms with E-state index in [0.717, 1.165) is 46.8 Å². The van der Waals surface area contributed by atoms with Gasteiger partial charge in [0.15, 0.2) is 0 Å². The first-order valence-electron chi connectivity index (χ1n) is 15.1. The maximum absolute atomic E-state index is 15.0. The van der Waals surface area contributed by atoms with E-state index in [2.05, 4.69) is 62.1 Å². The van der Waals surface area contributed by atoms with Crippen molar-refractivity contribution in [3.8, 4) is 11.8 Å². The molecule has 0 radical (unpaired) electrons. The normalized spacial score (nSPS) is 17.6. The molecular weight excluding hydrogens is 463 g/mol. The summed E-state index contributed by atoms with van der Waals surface area (Å²) in [5.74, 6) is 8.36. The Kier molecular flexibility index (Phi) is 11.1. The highest BCUT2D eigenvalue weighted by atomic mass is 19.1. The maximum atomic E-state index is 15.0.